The molecule has 1 saturated heterocycles. The maximum absolute atomic E-state index is 13.6. The Hall–Kier alpha value is -3.46. The van der Waals surface area contributed by atoms with Gasteiger partial charge in [0.2, 0.25) is 11.8 Å². The van der Waals surface area contributed by atoms with Crippen molar-refractivity contribution in [3.05, 3.63) is 59.4 Å². The number of aromatic nitrogens is 2. The molecule has 0 saturated carbocycles. The summed E-state index contributed by atoms with van der Waals surface area (Å²) in [7, 11) is 0. The molecule has 9 nitrogen and oxygen atoms in total. The number of carbonyl (C=O) groups excluding carboxylic acids is 2. The van der Waals surface area contributed by atoms with Gasteiger partial charge >= 0.3 is 0 Å². The topological polar surface area (TPSA) is 122 Å². The van der Waals surface area contributed by atoms with Crippen LogP contribution in [0.1, 0.15) is 55.8 Å². The molecule has 2 amide bonds. The predicted octanol–water partition coefficient (Wildman–Crippen LogP) is 3.35. The lowest BCUT2D eigenvalue weighted by atomic mass is 9.78. The number of aryl methyl sites for hydroxylation is 2. The first-order valence-electron chi connectivity index (χ1n) is 11.7. The third kappa shape index (κ3) is 5.30. The molecule has 0 radical (unpaired) electrons. The summed E-state index contributed by atoms with van der Waals surface area (Å²) in [4.78, 5) is 32.3. The van der Waals surface area contributed by atoms with Crippen LogP contribution >= 0.6 is 0 Å². The number of likely N-dealkylation sites (tertiary alicyclic amines) is 1. The van der Waals surface area contributed by atoms with Gasteiger partial charge in [-0.05, 0) is 24.8 Å². The van der Waals surface area contributed by atoms with Crippen molar-refractivity contribution in [2.24, 2.45) is 5.41 Å². The molecule has 2 N–H and O–H groups in total. The molecule has 4 rings (SSSR count). The summed E-state index contributed by atoms with van der Waals surface area (Å²) in [5.74, 6) is -0.00680. The van der Waals surface area contributed by atoms with Gasteiger partial charge in [-0.15, -0.1) is 0 Å². The van der Waals surface area contributed by atoms with Crippen LogP contribution in [0.25, 0.3) is 11.3 Å². The van der Waals surface area contributed by atoms with Gasteiger partial charge in [-0.2, -0.15) is 0 Å². The molecule has 0 unspecified atom stereocenters. The Morgan fingerprint density at radius 2 is 1.94 bits per heavy atom. The SMILES string of the molecule is Cc1cc([C@H](C(=O)N2C[C@H](O)C[C@H]2C(=O)NCc2ccc(-c3ocnc3C)cc2)C(C)(C)C)on1. The summed E-state index contributed by atoms with van der Waals surface area (Å²) >= 11 is 0. The first-order valence-corrected chi connectivity index (χ1v) is 11.7. The van der Waals surface area contributed by atoms with E-state index in [1.165, 1.54) is 11.3 Å². The number of β-amino-alcohol motifs (C(OH)–C–C–N with tert-alkyl or cyclic N) is 1. The highest BCUT2D eigenvalue weighted by Gasteiger charge is 2.45. The molecule has 1 aliphatic rings. The van der Waals surface area contributed by atoms with Gasteiger partial charge in [0.05, 0.1) is 17.5 Å². The first-order chi connectivity index (χ1) is 16.5. The number of rotatable bonds is 6. The van der Waals surface area contributed by atoms with Crippen molar-refractivity contribution in [1.82, 2.24) is 20.4 Å². The van der Waals surface area contributed by atoms with E-state index >= 15 is 0 Å². The zero-order valence-corrected chi connectivity index (χ0v) is 20.7. The summed E-state index contributed by atoms with van der Waals surface area (Å²) in [5.41, 5.74) is 2.83. The molecule has 2 aromatic heterocycles. The molecule has 186 valence electrons. The smallest absolute Gasteiger partial charge is 0.243 e. The Balaban J connectivity index is 1.46. The van der Waals surface area contributed by atoms with E-state index in [0.717, 1.165) is 16.8 Å². The number of oxazole rings is 1. The van der Waals surface area contributed by atoms with Crippen LogP contribution in [0.2, 0.25) is 0 Å². The van der Waals surface area contributed by atoms with Gasteiger partial charge < -0.3 is 24.3 Å². The number of hydrogen-bond acceptors (Lipinski definition) is 7. The maximum Gasteiger partial charge on any atom is 0.243 e. The molecule has 1 fully saturated rings. The fourth-order valence-electron chi connectivity index (χ4n) is 4.57. The van der Waals surface area contributed by atoms with Crippen LogP contribution in [0.3, 0.4) is 0 Å². The van der Waals surface area contributed by atoms with E-state index in [4.69, 9.17) is 8.94 Å². The van der Waals surface area contributed by atoms with Crippen LogP contribution < -0.4 is 5.32 Å². The summed E-state index contributed by atoms with van der Waals surface area (Å²) in [6.45, 7) is 9.90. The molecule has 0 aliphatic carbocycles. The normalized spacial score (nSPS) is 19.1. The molecule has 1 aromatic carbocycles. The summed E-state index contributed by atoms with van der Waals surface area (Å²) < 4.78 is 10.9. The molecule has 1 aliphatic heterocycles. The Morgan fingerprint density at radius 1 is 1.23 bits per heavy atom. The van der Waals surface area contributed by atoms with E-state index < -0.39 is 23.5 Å². The van der Waals surface area contributed by atoms with E-state index in [-0.39, 0.29) is 24.8 Å². The number of aliphatic hydroxyl groups is 1. The molecule has 3 atom stereocenters. The predicted molar refractivity (Wildman–Crippen MR) is 128 cm³/mol. The van der Waals surface area contributed by atoms with Crippen LogP contribution in [0, 0.1) is 19.3 Å². The number of aliphatic hydroxyl groups excluding tert-OH is 1. The van der Waals surface area contributed by atoms with E-state index in [9.17, 15) is 14.7 Å². The van der Waals surface area contributed by atoms with Crippen molar-refractivity contribution in [3.8, 4) is 11.3 Å². The van der Waals surface area contributed by atoms with Gasteiger partial charge in [0.25, 0.3) is 0 Å². The molecular formula is C26H32N4O5. The molecule has 3 heterocycles. The second-order valence-corrected chi connectivity index (χ2v) is 10.2. The second kappa shape index (κ2) is 9.65. The summed E-state index contributed by atoms with van der Waals surface area (Å²) in [5, 5.41) is 17.2. The van der Waals surface area contributed by atoms with Gasteiger partial charge in [-0.1, -0.05) is 50.2 Å². The van der Waals surface area contributed by atoms with Crippen molar-refractivity contribution in [2.75, 3.05) is 6.54 Å². The average Bonchev–Trinajstić information content (AvgIpc) is 3.51. The molecule has 0 spiro atoms. The van der Waals surface area contributed by atoms with Gasteiger partial charge in [0, 0.05) is 31.1 Å². The minimum atomic E-state index is -0.767. The highest BCUT2D eigenvalue weighted by atomic mass is 16.5. The van der Waals surface area contributed by atoms with Crippen LogP contribution in [-0.2, 0) is 16.1 Å². The zero-order valence-electron chi connectivity index (χ0n) is 20.7. The molecule has 3 aromatic rings. The molecule has 9 heteroatoms. The fraction of sp³-hybridized carbons (Fsp3) is 0.462. The Kier molecular flexibility index (Phi) is 6.80. The first kappa shape index (κ1) is 24.7. The maximum atomic E-state index is 13.6. The number of benzene rings is 1. The third-order valence-corrected chi connectivity index (χ3v) is 6.34. The van der Waals surface area contributed by atoms with Crippen LogP contribution in [0.15, 0.2) is 45.7 Å². The van der Waals surface area contributed by atoms with Crippen molar-refractivity contribution >= 4 is 11.8 Å². The number of nitrogens with zero attached hydrogens (tertiary/aromatic N) is 3. The lowest BCUT2D eigenvalue weighted by molar-refractivity contribution is -0.142. The number of nitrogens with one attached hydrogen (secondary N) is 1. The summed E-state index contributed by atoms with van der Waals surface area (Å²) in [6.07, 6.45) is 0.833. The summed E-state index contributed by atoms with van der Waals surface area (Å²) in [6, 6.07) is 8.63. The molecule has 0 bridgehead atoms. The zero-order chi connectivity index (χ0) is 25.3. The second-order valence-electron chi connectivity index (χ2n) is 10.2. The van der Waals surface area contributed by atoms with Crippen LogP contribution in [-0.4, -0.2) is 50.7 Å². The monoisotopic (exact) mass is 480 g/mol. The van der Waals surface area contributed by atoms with E-state index in [0.29, 0.717) is 23.8 Å². The van der Waals surface area contributed by atoms with E-state index in [1.54, 1.807) is 13.0 Å². The van der Waals surface area contributed by atoms with Gasteiger partial charge in [-0.25, -0.2) is 4.98 Å². The fourth-order valence-corrected chi connectivity index (χ4v) is 4.57. The largest absolute Gasteiger partial charge is 0.443 e. The minimum Gasteiger partial charge on any atom is -0.443 e. The standard InChI is InChI=1S/C26H32N4O5/c1-15-10-21(35-29-15)22(26(3,4)5)25(33)30-13-19(31)11-20(30)24(32)27-12-17-6-8-18(9-7-17)23-16(2)28-14-34-23/h6-10,14,19-20,22,31H,11-13H2,1-5H3,(H,27,32)/t19-,20+,22-/m1/s1. The van der Waals surface area contributed by atoms with Crippen molar-refractivity contribution < 1.29 is 23.6 Å². The third-order valence-electron chi connectivity index (χ3n) is 6.34. The highest BCUT2D eigenvalue weighted by molar-refractivity contribution is 5.91. The number of carbonyl (C=O) groups is 2. The Morgan fingerprint density at radius 3 is 2.51 bits per heavy atom. The Labute approximate surface area is 204 Å². The Bertz CT molecular complexity index is 1190. The highest BCUT2D eigenvalue weighted by Crippen LogP contribution is 2.38. The number of hydrogen-bond donors (Lipinski definition) is 2. The van der Waals surface area contributed by atoms with Crippen molar-refractivity contribution in [1.29, 1.82) is 0 Å². The van der Waals surface area contributed by atoms with Gasteiger partial charge in [-0.3, -0.25) is 9.59 Å². The van der Waals surface area contributed by atoms with E-state index in [2.05, 4.69) is 15.5 Å². The van der Waals surface area contributed by atoms with Gasteiger partial charge in [0.15, 0.2) is 12.2 Å². The number of amides is 2. The average molecular weight is 481 g/mol. The molecule has 35 heavy (non-hydrogen) atoms. The lowest BCUT2D eigenvalue weighted by Crippen LogP contribution is -2.49. The van der Waals surface area contributed by atoms with Crippen molar-refractivity contribution in [3.63, 3.8) is 0 Å². The molecular weight excluding hydrogens is 448 g/mol. The van der Waals surface area contributed by atoms with E-state index in [1.807, 2.05) is 52.0 Å². The lowest BCUT2D eigenvalue weighted by Gasteiger charge is -2.33. The quantitative estimate of drug-likeness (QED) is 0.555. The van der Waals surface area contributed by atoms with Crippen LogP contribution in [0.4, 0.5) is 0 Å². The minimum absolute atomic E-state index is 0.0991. The van der Waals surface area contributed by atoms with Crippen LogP contribution in [0.5, 0.6) is 0 Å². The van der Waals surface area contributed by atoms with Gasteiger partial charge in [0.1, 0.15) is 17.7 Å². The van der Waals surface area contributed by atoms with Crippen molar-refractivity contribution in [2.45, 2.75) is 65.6 Å².